The molecule has 0 aromatic heterocycles. The molecular weight excluding hydrogens is 260 g/mol. The van der Waals surface area contributed by atoms with Gasteiger partial charge in [-0.15, -0.1) is 0 Å². The Morgan fingerprint density at radius 3 is 1.95 bits per heavy atom. The fourth-order valence-corrected chi connectivity index (χ4v) is 4.61. The van der Waals surface area contributed by atoms with Gasteiger partial charge in [-0.3, -0.25) is 0 Å². The second-order valence-electron chi connectivity index (χ2n) is 5.72. The first-order chi connectivity index (χ1) is 8.99. The van der Waals surface area contributed by atoms with Crippen LogP contribution in [0.3, 0.4) is 0 Å². The van der Waals surface area contributed by atoms with Gasteiger partial charge in [0.15, 0.2) is 0 Å². The molecule has 1 saturated heterocycles. The minimum absolute atomic E-state index is 0.119. The molecule has 0 bridgehead atoms. The van der Waals surface area contributed by atoms with Crippen LogP contribution in [0.15, 0.2) is 0 Å². The van der Waals surface area contributed by atoms with E-state index in [4.69, 9.17) is 18.0 Å². The fourth-order valence-electron chi connectivity index (χ4n) is 2.27. The molecule has 1 fully saturated rings. The van der Waals surface area contributed by atoms with Gasteiger partial charge in [-0.2, -0.15) is 0 Å². The third-order valence-corrected chi connectivity index (χ3v) is 5.67. The number of rotatable bonds is 10. The molecule has 1 unspecified atom stereocenters. The third-order valence-electron chi connectivity index (χ3n) is 3.50. The molecule has 0 saturated carbocycles. The Labute approximate surface area is 119 Å². The average Bonchev–Trinajstić information content (AvgIpc) is 2.38. The number of hydrogen-bond acceptors (Lipinski definition) is 4. The Morgan fingerprint density at radius 1 is 1.11 bits per heavy atom. The van der Waals surface area contributed by atoms with Gasteiger partial charge in [-0.05, 0) is 19.3 Å². The Morgan fingerprint density at radius 2 is 1.63 bits per heavy atom. The van der Waals surface area contributed by atoms with Crippen molar-refractivity contribution in [1.82, 2.24) is 0 Å². The standard InChI is InChI=1S/C14H30O4Si/c1-6-9-16-19(5,17-10-7-2)18-13(8-3)14(4)11-15-12-14/h13H,6-12H2,1-5H3. The van der Waals surface area contributed by atoms with E-state index in [-0.39, 0.29) is 11.5 Å². The van der Waals surface area contributed by atoms with Crippen LogP contribution in [0.5, 0.6) is 0 Å². The first-order valence-electron chi connectivity index (χ1n) is 7.53. The maximum absolute atomic E-state index is 6.31. The molecule has 0 aliphatic carbocycles. The lowest BCUT2D eigenvalue weighted by molar-refractivity contribution is -0.166. The van der Waals surface area contributed by atoms with Gasteiger partial charge in [0.2, 0.25) is 0 Å². The summed E-state index contributed by atoms with van der Waals surface area (Å²) in [6.07, 6.45) is 3.09. The van der Waals surface area contributed by atoms with E-state index in [0.717, 1.165) is 32.5 Å². The molecule has 1 aliphatic rings. The van der Waals surface area contributed by atoms with E-state index in [1.165, 1.54) is 0 Å². The Balaban J connectivity index is 2.62. The van der Waals surface area contributed by atoms with Crippen LogP contribution < -0.4 is 0 Å². The monoisotopic (exact) mass is 290 g/mol. The minimum atomic E-state index is -2.52. The zero-order valence-electron chi connectivity index (χ0n) is 13.2. The smallest absolute Gasteiger partial charge is 0.380 e. The van der Waals surface area contributed by atoms with Crippen LogP contribution in [-0.2, 0) is 18.0 Å². The van der Waals surface area contributed by atoms with Gasteiger partial charge in [0.1, 0.15) is 0 Å². The minimum Gasteiger partial charge on any atom is -0.380 e. The molecule has 1 heterocycles. The number of ether oxygens (including phenoxy) is 1. The Bertz CT molecular complexity index is 248. The van der Waals surface area contributed by atoms with Crippen LogP contribution in [0.2, 0.25) is 6.55 Å². The third kappa shape index (κ3) is 4.83. The van der Waals surface area contributed by atoms with E-state index in [1.54, 1.807) is 0 Å². The molecule has 4 nitrogen and oxygen atoms in total. The Kier molecular flexibility index (Phi) is 6.97. The van der Waals surface area contributed by atoms with Crippen molar-refractivity contribution in [2.45, 2.75) is 59.6 Å². The normalized spacial score (nSPS) is 20.1. The van der Waals surface area contributed by atoms with Gasteiger partial charge in [-0.25, -0.2) is 0 Å². The second kappa shape index (κ2) is 7.74. The van der Waals surface area contributed by atoms with E-state index in [1.807, 2.05) is 6.55 Å². The molecule has 19 heavy (non-hydrogen) atoms. The van der Waals surface area contributed by atoms with Crippen molar-refractivity contribution in [3.8, 4) is 0 Å². The quantitative estimate of drug-likeness (QED) is 0.579. The van der Waals surface area contributed by atoms with Crippen molar-refractivity contribution in [2.24, 2.45) is 5.41 Å². The Hall–Kier alpha value is 0.0569. The van der Waals surface area contributed by atoms with Crippen molar-refractivity contribution in [2.75, 3.05) is 26.4 Å². The highest BCUT2D eigenvalue weighted by molar-refractivity contribution is 6.59. The molecule has 1 aliphatic heterocycles. The lowest BCUT2D eigenvalue weighted by Crippen LogP contribution is -2.56. The van der Waals surface area contributed by atoms with E-state index in [2.05, 4.69) is 27.7 Å². The summed E-state index contributed by atoms with van der Waals surface area (Å²) in [5, 5.41) is 0. The van der Waals surface area contributed by atoms with Gasteiger partial charge in [0.05, 0.1) is 19.3 Å². The lowest BCUT2D eigenvalue weighted by atomic mass is 9.81. The van der Waals surface area contributed by atoms with Crippen molar-refractivity contribution in [3.05, 3.63) is 0 Å². The summed E-state index contributed by atoms with van der Waals surface area (Å²) in [5.74, 6) is 0. The highest BCUT2D eigenvalue weighted by atomic mass is 28.4. The first-order valence-corrected chi connectivity index (χ1v) is 9.75. The van der Waals surface area contributed by atoms with Crippen LogP contribution in [0.1, 0.15) is 47.0 Å². The SMILES string of the molecule is CCCO[Si](C)(OCCC)OC(CC)C1(C)COC1. The largest absolute Gasteiger partial charge is 0.497 e. The predicted octanol–water partition coefficient (Wildman–Crippen LogP) is 3.24. The van der Waals surface area contributed by atoms with Crippen LogP contribution >= 0.6 is 0 Å². The highest BCUT2D eigenvalue weighted by Crippen LogP contribution is 2.36. The zero-order valence-corrected chi connectivity index (χ0v) is 14.2. The van der Waals surface area contributed by atoms with Gasteiger partial charge in [0.25, 0.3) is 0 Å². The van der Waals surface area contributed by atoms with E-state index in [9.17, 15) is 0 Å². The summed E-state index contributed by atoms with van der Waals surface area (Å²) < 4.78 is 23.5. The predicted molar refractivity (Wildman–Crippen MR) is 78.2 cm³/mol. The van der Waals surface area contributed by atoms with Gasteiger partial charge in [-0.1, -0.05) is 27.7 Å². The van der Waals surface area contributed by atoms with Crippen molar-refractivity contribution < 1.29 is 18.0 Å². The number of hydrogen-bond donors (Lipinski definition) is 0. The first kappa shape index (κ1) is 17.1. The van der Waals surface area contributed by atoms with Crippen molar-refractivity contribution >= 4 is 8.80 Å². The highest BCUT2D eigenvalue weighted by Gasteiger charge is 2.47. The second-order valence-corrected chi connectivity index (χ2v) is 8.26. The lowest BCUT2D eigenvalue weighted by Gasteiger charge is -2.46. The maximum atomic E-state index is 6.31. The van der Waals surface area contributed by atoms with Gasteiger partial charge in [0, 0.05) is 25.2 Å². The van der Waals surface area contributed by atoms with Crippen molar-refractivity contribution in [1.29, 1.82) is 0 Å². The molecule has 1 atom stereocenters. The maximum Gasteiger partial charge on any atom is 0.497 e. The van der Waals surface area contributed by atoms with E-state index in [0.29, 0.717) is 13.2 Å². The summed E-state index contributed by atoms with van der Waals surface area (Å²) in [6, 6.07) is 0. The van der Waals surface area contributed by atoms with Crippen LogP contribution in [0, 0.1) is 5.41 Å². The molecule has 0 amide bonds. The fraction of sp³-hybridized carbons (Fsp3) is 1.00. The summed E-state index contributed by atoms with van der Waals surface area (Å²) in [5.41, 5.74) is 0.119. The van der Waals surface area contributed by atoms with Gasteiger partial charge >= 0.3 is 8.80 Å². The molecule has 0 aromatic carbocycles. The molecule has 0 N–H and O–H groups in total. The molecule has 0 aromatic rings. The van der Waals surface area contributed by atoms with E-state index < -0.39 is 8.80 Å². The summed E-state index contributed by atoms with van der Waals surface area (Å²) in [4.78, 5) is 0. The molecule has 114 valence electrons. The average molecular weight is 290 g/mol. The molecular formula is C14H30O4Si. The summed E-state index contributed by atoms with van der Waals surface area (Å²) in [6.45, 7) is 13.6. The van der Waals surface area contributed by atoms with E-state index >= 15 is 0 Å². The molecule has 0 spiro atoms. The van der Waals surface area contributed by atoms with Crippen LogP contribution in [0.4, 0.5) is 0 Å². The molecule has 5 heteroatoms. The molecule has 1 rings (SSSR count). The zero-order chi connectivity index (χ0) is 14.4. The van der Waals surface area contributed by atoms with Crippen LogP contribution in [-0.4, -0.2) is 41.3 Å². The summed E-state index contributed by atoms with van der Waals surface area (Å²) >= 11 is 0. The molecule has 0 radical (unpaired) electrons. The summed E-state index contributed by atoms with van der Waals surface area (Å²) in [7, 11) is -2.52. The van der Waals surface area contributed by atoms with Crippen molar-refractivity contribution in [3.63, 3.8) is 0 Å². The van der Waals surface area contributed by atoms with Gasteiger partial charge < -0.3 is 18.0 Å². The van der Waals surface area contributed by atoms with Crippen LogP contribution in [0.25, 0.3) is 0 Å². The topological polar surface area (TPSA) is 36.9 Å².